The van der Waals surface area contributed by atoms with Gasteiger partial charge in [0.2, 0.25) is 0 Å². The van der Waals surface area contributed by atoms with E-state index in [1.807, 2.05) is 11.3 Å². The Morgan fingerprint density at radius 3 is 1.82 bits per heavy atom. The minimum atomic E-state index is 1.12. The van der Waals surface area contributed by atoms with E-state index in [9.17, 15) is 0 Å². The van der Waals surface area contributed by atoms with Gasteiger partial charge in [0.1, 0.15) is 0 Å². The minimum Gasteiger partial charge on any atom is -0.310 e. The maximum Gasteiger partial charge on any atom is 0.0547 e. The van der Waals surface area contributed by atoms with Crippen LogP contribution in [0.15, 0.2) is 194 Å². The van der Waals surface area contributed by atoms with Gasteiger partial charge in [0.15, 0.2) is 0 Å². The average molecular weight is 669 g/mol. The number of anilines is 3. The number of hydrogen-bond donors (Lipinski definition) is 0. The standard InChI is InChI=1S/C48H32N2S/c1-3-16-36(17-4-1)49(37-18-5-2-6-19-37)44-23-10-7-20-39(44)35-15-13-14-33(30-35)34-26-28-41-40-21-8-11-24-45(40)50(46(41)31-34)38-27-29-48-43(32-38)42-22-9-12-25-47(42)51-48/h1-32H. The molecule has 0 aliphatic carbocycles. The molecule has 0 aliphatic rings. The topological polar surface area (TPSA) is 8.17 Å². The highest BCUT2D eigenvalue weighted by atomic mass is 32.1. The summed E-state index contributed by atoms with van der Waals surface area (Å²) in [6.45, 7) is 0. The Hall–Kier alpha value is -6.42. The van der Waals surface area contributed by atoms with E-state index in [1.165, 1.54) is 69.9 Å². The fraction of sp³-hybridized carbons (Fsp3) is 0. The van der Waals surface area contributed by atoms with Crippen LogP contribution in [0, 0.1) is 0 Å². The highest BCUT2D eigenvalue weighted by Gasteiger charge is 2.18. The SMILES string of the molecule is c1ccc(N(c2ccccc2)c2ccccc2-c2cccc(-c3ccc4c5ccccc5n(-c5ccc6sc7ccccc7c6c5)c4c3)c2)cc1. The number of fused-ring (bicyclic) bond motifs is 6. The molecule has 2 heterocycles. The highest BCUT2D eigenvalue weighted by Crippen LogP contribution is 2.42. The van der Waals surface area contributed by atoms with Crippen molar-refractivity contribution in [2.75, 3.05) is 4.90 Å². The molecule has 3 heteroatoms. The molecule has 0 fully saturated rings. The van der Waals surface area contributed by atoms with Crippen molar-refractivity contribution in [2.24, 2.45) is 0 Å². The van der Waals surface area contributed by atoms with Crippen LogP contribution in [-0.2, 0) is 0 Å². The molecule has 0 amide bonds. The summed E-state index contributed by atoms with van der Waals surface area (Å²) < 4.78 is 5.08. The van der Waals surface area contributed by atoms with Crippen molar-refractivity contribution < 1.29 is 0 Å². The van der Waals surface area contributed by atoms with Gasteiger partial charge in [-0.25, -0.2) is 0 Å². The van der Waals surface area contributed by atoms with Gasteiger partial charge in [-0.3, -0.25) is 0 Å². The van der Waals surface area contributed by atoms with Crippen molar-refractivity contribution >= 4 is 70.4 Å². The van der Waals surface area contributed by atoms with Crippen LogP contribution < -0.4 is 4.90 Å². The molecule has 2 nitrogen and oxygen atoms in total. The van der Waals surface area contributed by atoms with Crippen LogP contribution in [-0.4, -0.2) is 4.57 Å². The van der Waals surface area contributed by atoms with Crippen molar-refractivity contribution in [1.82, 2.24) is 4.57 Å². The number of para-hydroxylation sites is 4. The molecule has 8 aromatic carbocycles. The molecular weight excluding hydrogens is 637 g/mol. The zero-order valence-corrected chi connectivity index (χ0v) is 28.6. The fourth-order valence-electron chi connectivity index (χ4n) is 7.64. The second kappa shape index (κ2) is 12.2. The summed E-state index contributed by atoms with van der Waals surface area (Å²) in [6.07, 6.45) is 0. The molecule has 0 bridgehead atoms. The van der Waals surface area contributed by atoms with Gasteiger partial charge in [-0.1, -0.05) is 121 Å². The van der Waals surface area contributed by atoms with Gasteiger partial charge in [0, 0.05) is 53.6 Å². The van der Waals surface area contributed by atoms with E-state index in [0.29, 0.717) is 0 Å². The number of aromatic nitrogens is 1. The Balaban J connectivity index is 1.13. The summed E-state index contributed by atoms with van der Waals surface area (Å²) in [5.74, 6) is 0. The zero-order chi connectivity index (χ0) is 33.7. The lowest BCUT2D eigenvalue weighted by molar-refractivity contribution is 1.19. The first-order valence-electron chi connectivity index (χ1n) is 17.4. The number of nitrogens with zero attached hydrogens (tertiary/aromatic N) is 2. The molecular formula is C48H32N2S. The number of rotatable bonds is 6. The first kappa shape index (κ1) is 29.5. The van der Waals surface area contributed by atoms with Crippen molar-refractivity contribution in [1.29, 1.82) is 0 Å². The lowest BCUT2D eigenvalue weighted by Gasteiger charge is -2.27. The zero-order valence-electron chi connectivity index (χ0n) is 27.8. The van der Waals surface area contributed by atoms with Gasteiger partial charge in [0.25, 0.3) is 0 Å². The highest BCUT2D eigenvalue weighted by molar-refractivity contribution is 7.25. The lowest BCUT2D eigenvalue weighted by Crippen LogP contribution is -2.10. The molecule has 2 aromatic heterocycles. The maximum atomic E-state index is 2.44. The van der Waals surface area contributed by atoms with Crippen LogP contribution in [0.3, 0.4) is 0 Å². The van der Waals surface area contributed by atoms with Crippen molar-refractivity contribution in [3.8, 4) is 27.9 Å². The van der Waals surface area contributed by atoms with Gasteiger partial charge in [-0.2, -0.15) is 0 Å². The average Bonchev–Trinajstić information content (AvgIpc) is 3.74. The summed E-state index contributed by atoms with van der Waals surface area (Å²) in [5.41, 5.74) is 11.7. The molecule has 0 unspecified atom stereocenters. The minimum absolute atomic E-state index is 1.12. The van der Waals surface area contributed by atoms with Gasteiger partial charge in [-0.15, -0.1) is 11.3 Å². The second-order valence-corrected chi connectivity index (χ2v) is 14.1. The van der Waals surface area contributed by atoms with Gasteiger partial charge < -0.3 is 9.47 Å². The molecule has 10 rings (SSSR count). The maximum absolute atomic E-state index is 2.44. The van der Waals surface area contributed by atoms with E-state index in [1.54, 1.807) is 0 Å². The molecule has 0 saturated carbocycles. The van der Waals surface area contributed by atoms with Crippen molar-refractivity contribution in [3.05, 3.63) is 194 Å². The molecule has 0 aliphatic heterocycles. The van der Waals surface area contributed by atoms with E-state index in [0.717, 1.165) is 17.1 Å². The normalized spacial score (nSPS) is 11.5. The monoisotopic (exact) mass is 668 g/mol. The van der Waals surface area contributed by atoms with Crippen LogP contribution in [0.4, 0.5) is 17.1 Å². The van der Waals surface area contributed by atoms with E-state index >= 15 is 0 Å². The molecule has 51 heavy (non-hydrogen) atoms. The summed E-state index contributed by atoms with van der Waals surface area (Å²) in [5, 5.41) is 5.14. The summed E-state index contributed by atoms with van der Waals surface area (Å²) in [4.78, 5) is 2.35. The van der Waals surface area contributed by atoms with E-state index < -0.39 is 0 Å². The molecule has 240 valence electrons. The molecule has 0 spiro atoms. The molecule has 0 radical (unpaired) electrons. The van der Waals surface area contributed by atoms with Crippen molar-refractivity contribution in [3.63, 3.8) is 0 Å². The number of hydrogen-bond acceptors (Lipinski definition) is 2. The van der Waals surface area contributed by atoms with Crippen LogP contribution in [0.5, 0.6) is 0 Å². The summed E-state index contributed by atoms with van der Waals surface area (Å²) in [6, 6.07) is 70.3. The Bertz CT molecular complexity index is 2830. The van der Waals surface area contributed by atoms with E-state index in [4.69, 9.17) is 0 Å². The Kier molecular flexibility index (Phi) is 7.04. The fourth-order valence-corrected chi connectivity index (χ4v) is 8.73. The molecule has 0 atom stereocenters. The third kappa shape index (κ3) is 5.01. The molecule has 0 N–H and O–H groups in total. The van der Waals surface area contributed by atoms with Crippen LogP contribution in [0.25, 0.3) is 69.9 Å². The predicted molar refractivity (Wildman–Crippen MR) is 219 cm³/mol. The van der Waals surface area contributed by atoms with Gasteiger partial charge in [0.05, 0.1) is 16.7 Å². The third-order valence-corrected chi connectivity index (χ3v) is 11.1. The van der Waals surface area contributed by atoms with Crippen LogP contribution >= 0.6 is 11.3 Å². The Morgan fingerprint density at radius 2 is 1.00 bits per heavy atom. The van der Waals surface area contributed by atoms with Crippen LogP contribution in [0.2, 0.25) is 0 Å². The predicted octanol–water partition coefficient (Wildman–Crippen LogP) is 14.0. The van der Waals surface area contributed by atoms with E-state index in [2.05, 4.69) is 204 Å². The summed E-state index contributed by atoms with van der Waals surface area (Å²) >= 11 is 1.86. The molecule has 0 saturated heterocycles. The lowest BCUT2D eigenvalue weighted by atomic mass is 9.96. The number of thiophene rings is 1. The van der Waals surface area contributed by atoms with Gasteiger partial charge in [-0.05, 0) is 89.5 Å². The first-order valence-corrected chi connectivity index (χ1v) is 18.2. The smallest absolute Gasteiger partial charge is 0.0547 e. The first-order chi connectivity index (χ1) is 25.3. The quantitative estimate of drug-likeness (QED) is 0.171. The largest absolute Gasteiger partial charge is 0.310 e. The van der Waals surface area contributed by atoms with Crippen molar-refractivity contribution in [2.45, 2.75) is 0 Å². The Labute approximate surface area is 300 Å². The molecule has 10 aromatic rings. The number of benzene rings is 8. The van der Waals surface area contributed by atoms with Crippen LogP contribution in [0.1, 0.15) is 0 Å². The Morgan fingerprint density at radius 1 is 0.373 bits per heavy atom. The second-order valence-electron chi connectivity index (χ2n) is 13.0. The van der Waals surface area contributed by atoms with Gasteiger partial charge >= 0.3 is 0 Å². The third-order valence-electron chi connectivity index (χ3n) is 9.97. The summed E-state index contributed by atoms with van der Waals surface area (Å²) in [7, 11) is 0. The van der Waals surface area contributed by atoms with E-state index in [-0.39, 0.29) is 0 Å².